The van der Waals surface area contributed by atoms with E-state index >= 15 is 0 Å². The predicted molar refractivity (Wildman–Crippen MR) is 78.4 cm³/mol. The van der Waals surface area contributed by atoms with E-state index in [1.807, 2.05) is 24.3 Å². The Hall–Kier alpha value is -1.75. The molecule has 0 spiro atoms. The van der Waals surface area contributed by atoms with Gasteiger partial charge in [-0.05, 0) is 12.1 Å². The number of nitrogens with zero attached hydrogens (tertiary/aromatic N) is 1. The number of thioether (sulfide) groups is 1. The number of hydrogen-bond acceptors (Lipinski definition) is 4. The second kappa shape index (κ2) is 6.26. The number of H-pyrrole nitrogens is 1. The minimum absolute atomic E-state index is 0.109. The van der Waals surface area contributed by atoms with Crippen molar-refractivity contribution < 1.29 is 0 Å². The molecule has 0 amide bonds. The molecule has 2 rings (SSSR count). The maximum atomic E-state index is 11.8. The highest BCUT2D eigenvalue weighted by atomic mass is 32.2. The molecular formula is C13H15N3OS. The maximum Gasteiger partial charge on any atom is 0.260 e. The van der Waals surface area contributed by atoms with E-state index in [1.54, 1.807) is 17.8 Å². The third-order valence-corrected chi connectivity index (χ3v) is 3.35. The average Bonchev–Trinajstić information content (AvgIpc) is 2.39. The summed E-state index contributed by atoms with van der Waals surface area (Å²) < 4.78 is 0. The lowest BCUT2D eigenvalue weighted by Crippen LogP contribution is -2.14. The molecule has 4 nitrogen and oxygen atoms in total. The van der Waals surface area contributed by atoms with Crippen molar-refractivity contribution in [1.82, 2.24) is 9.97 Å². The zero-order chi connectivity index (χ0) is 12.8. The van der Waals surface area contributed by atoms with Gasteiger partial charge in [0.2, 0.25) is 5.95 Å². The van der Waals surface area contributed by atoms with E-state index in [0.717, 1.165) is 18.1 Å². The van der Waals surface area contributed by atoms with Crippen LogP contribution in [0.25, 0.3) is 10.9 Å². The lowest BCUT2D eigenvalue weighted by atomic mass is 10.2. The molecule has 94 valence electrons. The van der Waals surface area contributed by atoms with Gasteiger partial charge in [-0.1, -0.05) is 18.2 Å². The number of aromatic amines is 1. The maximum absolute atomic E-state index is 11.8. The fourth-order valence-corrected chi connectivity index (χ4v) is 2.16. The van der Waals surface area contributed by atoms with E-state index in [-0.39, 0.29) is 5.56 Å². The highest BCUT2D eigenvalue weighted by Gasteiger charge is 2.01. The smallest absolute Gasteiger partial charge is 0.260 e. The van der Waals surface area contributed by atoms with E-state index in [9.17, 15) is 4.79 Å². The van der Waals surface area contributed by atoms with Crippen LogP contribution in [0.3, 0.4) is 0 Å². The highest BCUT2D eigenvalue weighted by Crippen LogP contribution is 2.08. The number of fused-ring (bicyclic) bond motifs is 1. The molecule has 0 bridgehead atoms. The summed E-state index contributed by atoms with van der Waals surface area (Å²) in [5.41, 5.74) is 0.601. The van der Waals surface area contributed by atoms with Crippen LogP contribution in [0.2, 0.25) is 0 Å². The van der Waals surface area contributed by atoms with Crippen molar-refractivity contribution >= 4 is 28.6 Å². The number of rotatable bonds is 6. The van der Waals surface area contributed by atoms with Gasteiger partial charge < -0.3 is 5.32 Å². The topological polar surface area (TPSA) is 57.8 Å². The Labute approximate surface area is 110 Å². The molecule has 0 saturated heterocycles. The van der Waals surface area contributed by atoms with Crippen LogP contribution in [-0.4, -0.2) is 28.0 Å². The van der Waals surface area contributed by atoms with Gasteiger partial charge in [-0.25, -0.2) is 4.98 Å². The minimum atomic E-state index is -0.109. The molecule has 0 atom stereocenters. The number of benzene rings is 1. The molecule has 2 N–H and O–H groups in total. The van der Waals surface area contributed by atoms with Crippen LogP contribution in [0.15, 0.2) is 41.7 Å². The van der Waals surface area contributed by atoms with Crippen LogP contribution in [0.5, 0.6) is 0 Å². The fraction of sp³-hybridized carbons (Fsp3) is 0.231. The first kappa shape index (κ1) is 12.7. The van der Waals surface area contributed by atoms with E-state index in [4.69, 9.17) is 0 Å². The van der Waals surface area contributed by atoms with Crippen LogP contribution in [0, 0.1) is 0 Å². The zero-order valence-corrected chi connectivity index (χ0v) is 10.8. The molecule has 0 radical (unpaired) electrons. The second-order valence-electron chi connectivity index (χ2n) is 3.72. The van der Waals surface area contributed by atoms with Gasteiger partial charge in [0.15, 0.2) is 0 Å². The molecular weight excluding hydrogens is 246 g/mol. The summed E-state index contributed by atoms with van der Waals surface area (Å²) >= 11 is 1.78. The Balaban J connectivity index is 2.05. The van der Waals surface area contributed by atoms with Crippen molar-refractivity contribution in [2.24, 2.45) is 0 Å². The quantitative estimate of drug-likeness (QED) is 0.618. The standard InChI is InChI=1S/C13H15N3OS/c1-2-8-18-9-7-14-13-15-11-6-4-3-5-10(11)12(17)16-13/h2-6H,1,7-9H2,(H2,14,15,16,17). The van der Waals surface area contributed by atoms with E-state index in [2.05, 4.69) is 21.9 Å². The third kappa shape index (κ3) is 3.13. The van der Waals surface area contributed by atoms with Crippen molar-refractivity contribution in [3.05, 3.63) is 47.3 Å². The van der Waals surface area contributed by atoms with Gasteiger partial charge in [-0.2, -0.15) is 11.8 Å². The van der Waals surface area contributed by atoms with Crippen LogP contribution < -0.4 is 10.9 Å². The Bertz CT molecular complexity index is 594. The van der Waals surface area contributed by atoms with Gasteiger partial charge >= 0.3 is 0 Å². The van der Waals surface area contributed by atoms with Gasteiger partial charge in [0.25, 0.3) is 5.56 Å². The highest BCUT2D eigenvalue weighted by molar-refractivity contribution is 7.99. The minimum Gasteiger partial charge on any atom is -0.355 e. The lowest BCUT2D eigenvalue weighted by molar-refractivity contribution is 1.09. The van der Waals surface area contributed by atoms with Crippen LogP contribution in [0.1, 0.15) is 0 Å². The summed E-state index contributed by atoms with van der Waals surface area (Å²) in [6.07, 6.45) is 1.88. The molecule has 18 heavy (non-hydrogen) atoms. The SMILES string of the molecule is C=CCSCCNc1nc2ccccc2c(=O)[nH]1. The van der Waals surface area contributed by atoms with Gasteiger partial charge in [-0.3, -0.25) is 9.78 Å². The van der Waals surface area contributed by atoms with E-state index < -0.39 is 0 Å². The Morgan fingerprint density at radius 3 is 3.11 bits per heavy atom. The summed E-state index contributed by atoms with van der Waals surface area (Å²) in [4.78, 5) is 18.9. The molecule has 0 aliphatic rings. The molecule has 0 fully saturated rings. The van der Waals surface area contributed by atoms with E-state index in [0.29, 0.717) is 16.9 Å². The molecule has 0 aliphatic heterocycles. The largest absolute Gasteiger partial charge is 0.355 e. The summed E-state index contributed by atoms with van der Waals surface area (Å²) in [5, 5.41) is 3.73. The van der Waals surface area contributed by atoms with Crippen molar-refractivity contribution in [2.75, 3.05) is 23.4 Å². The molecule has 0 unspecified atom stereocenters. The number of para-hydroxylation sites is 1. The van der Waals surface area contributed by atoms with Crippen molar-refractivity contribution in [3.8, 4) is 0 Å². The van der Waals surface area contributed by atoms with E-state index in [1.165, 1.54) is 0 Å². The Morgan fingerprint density at radius 1 is 1.44 bits per heavy atom. The van der Waals surface area contributed by atoms with Gasteiger partial charge in [0.05, 0.1) is 10.9 Å². The van der Waals surface area contributed by atoms with Crippen molar-refractivity contribution in [3.63, 3.8) is 0 Å². The van der Waals surface area contributed by atoms with Crippen molar-refractivity contribution in [2.45, 2.75) is 0 Å². The average molecular weight is 261 g/mol. The predicted octanol–water partition coefficient (Wildman–Crippen LogP) is 2.25. The summed E-state index contributed by atoms with van der Waals surface area (Å²) in [5.74, 6) is 2.41. The fourth-order valence-electron chi connectivity index (χ4n) is 1.58. The third-order valence-electron chi connectivity index (χ3n) is 2.39. The monoisotopic (exact) mass is 261 g/mol. The Morgan fingerprint density at radius 2 is 2.28 bits per heavy atom. The molecule has 0 aliphatic carbocycles. The Kier molecular flexibility index (Phi) is 4.41. The zero-order valence-electron chi connectivity index (χ0n) is 9.98. The van der Waals surface area contributed by atoms with Crippen LogP contribution >= 0.6 is 11.8 Å². The number of nitrogens with one attached hydrogen (secondary N) is 2. The van der Waals surface area contributed by atoms with Crippen LogP contribution in [-0.2, 0) is 0 Å². The second-order valence-corrected chi connectivity index (χ2v) is 4.87. The molecule has 2 aromatic rings. The summed E-state index contributed by atoms with van der Waals surface area (Å²) in [6.45, 7) is 4.42. The molecule has 1 heterocycles. The summed E-state index contributed by atoms with van der Waals surface area (Å²) in [7, 11) is 0. The van der Waals surface area contributed by atoms with Crippen molar-refractivity contribution in [1.29, 1.82) is 0 Å². The molecule has 5 heteroatoms. The number of anilines is 1. The lowest BCUT2D eigenvalue weighted by Gasteiger charge is -2.05. The number of hydrogen-bond donors (Lipinski definition) is 2. The molecule has 0 saturated carbocycles. The first-order valence-electron chi connectivity index (χ1n) is 5.73. The number of aromatic nitrogens is 2. The van der Waals surface area contributed by atoms with Gasteiger partial charge in [0.1, 0.15) is 0 Å². The normalized spacial score (nSPS) is 10.4. The van der Waals surface area contributed by atoms with Gasteiger partial charge in [0, 0.05) is 18.1 Å². The first-order chi connectivity index (χ1) is 8.81. The summed E-state index contributed by atoms with van der Waals surface area (Å²) in [6, 6.07) is 7.31. The first-order valence-corrected chi connectivity index (χ1v) is 6.88. The van der Waals surface area contributed by atoms with Gasteiger partial charge in [-0.15, -0.1) is 6.58 Å². The molecule has 1 aromatic carbocycles. The molecule has 1 aromatic heterocycles. The van der Waals surface area contributed by atoms with Crippen LogP contribution in [0.4, 0.5) is 5.95 Å².